The fourth-order valence-corrected chi connectivity index (χ4v) is 4.29. The molecule has 1 N–H and O–H groups in total. The van der Waals surface area contributed by atoms with Crippen molar-refractivity contribution >= 4 is 49.5 Å². The van der Waals surface area contributed by atoms with Crippen LogP contribution in [0.2, 0.25) is 0 Å². The molecular weight excluding hydrogens is 596 g/mol. The number of anilines is 1. The molecule has 0 fully saturated rings. The molecule has 1 amide bonds. The third kappa shape index (κ3) is 7.56. The zero-order valence-electron chi connectivity index (χ0n) is 19.7. The van der Waals surface area contributed by atoms with Crippen LogP contribution >= 0.6 is 31.9 Å². The minimum Gasteiger partial charge on any atom is -0.489 e. The lowest BCUT2D eigenvalue weighted by atomic mass is 10.1. The van der Waals surface area contributed by atoms with Crippen molar-refractivity contribution in [2.24, 2.45) is 0 Å². The summed E-state index contributed by atoms with van der Waals surface area (Å²) in [5, 5.41) is 12.3. The van der Waals surface area contributed by atoms with E-state index in [1.54, 1.807) is 42.5 Å². The van der Waals surface area contributed by atoms with Gasteiger partial charge in [-0.05, 0) is 75.6 Å². The molecule has 4 aromatic carbocycles. The van der Waals surface area contributed by atoms with Crippen molar-refractivity contribution in [3.63, 3.8) is 0 Å². The Morgan fingerprint density at radius 1 is 0.838 bits per heavy atom. The van der Waals surface area contributed by atoms with Crippen LogP contribution in [-0.4, -0.2) is 5.91 Å². The summed E-state index contributed by atoms with van der Waals surface area (Å²) in [6.45, 7) is 0.855. The van der Waals surface area contributed by atoms with Crippen LogP contribution in [0.15, 0.2) is 112 Å². The lowest BCUT2D eigenvalue weighted by Gasteiger charge is -2.10. The highest BCUT2D eigenvalue weighted by Crippen LogP contribution is 2.29. The van der Waals surface area contributed by atoms with Gasteiger partial charge in [-0.3, -0.25) is 4.79 Å². The van der Waals surface area contributed by atoms with Gasteiger partial charge >= 0.3 is 0 Å². The molecule has 5 nitrogen and oxygen atoms in total. The van der Waals surface area contributed by atoms with Crippen LogP contribution in [0.3, 0.4) is 0 Å². The zero-order valence-corrected chi connectivity index (χ0v) is 22.8. The van der Waals surface area contributed by atoms with Crippen molar-refractivity contribution in [2.75, 3.05) is 5.32 Å². The Morgan fingerprint density at radius 2 is 1.57 bits per heavy atom. The van der Waals surface area contributed by atoms with E-state index >= 15 is 0 Å². The van der Waals surface area contributed by atoms with Crippen LogP contribution in [-0.2, 0) is 18.0 Å². The molecule has 184 valence electrons. The van der Waals surface area contributed by atoms with Gasteiger partial charge in [0.2, 0.25) is 0 Å². The summed E-state index contributed by atoms with van der Waals surface area (Å²) < 4.78 is 13.4. The van der Waals surface area contributed by atoms with E-state index in [4.69, 9.17) is 9.47 Å². The standard InChI is InChI=1S/C30H22Br2N2O3/c31-27-9-5-4-8-23(27)20-37-29-15-10-22(17-28(29)32)16-24(18-33)30(35)34-25-11-13-26(14-12-25)36-19-21-6-2-1-3-7-21/h1-17H,19-20H2,(H,34,35)/b24-16+. The molecule has 0 atom stereocenters. The van der Waals surface area contributed by atoms with E-state index < -0.39 is 5.91 Å². The number of benzene rings is 4. The summed E-state index contributed by atoms with van der Waals surface area (Å²) in [7, 11) is 0. The smallest absolute Gasteiger partial charge is 0.266 e. The Morgan fingerprint density at radius 3 is 2.27 bits per heavy atom. The third-order valence-electron chi connectivity index (χ3n) is 5.33. The zero-order chi connectivity index (χ0) is 26.0. The van der Waals surface area contributed by atoms with E-state index in [9.17, 15) is 10.1 Å². The van der Waals surface area contributed by atoms with Crippen LogP contribution in [0.1, 0.15) is 16.7 Å². The molecule has 0 radical (unpaired) electrons. The normalized spacial score (nSPS) is 10.9. The molecule has 7 heteroatoms. The molecule has 0 spiro atoms. The van der Waals surface area contributed by atoms with Crippen molar-refractivity contribution in [2.45, 2.75) is 13.2 Å². The molecule has 0 unspecified atom stereocenters. The molecule has 0 aliphatic rings. The first-order valence-corrected chi connectivity index (χ1v) is 13.0. The molecule has 37 heavy (non-hydrogen) atoms. The van der Waals surface area contributed by atoms with Crippen molar-refractivity contribution in [1.29, 1.82) is 5.26 Å². The number of nitriles is 1. The second-order valence-corrected chi connectivity index (χ2v) is 9.70. The lowest BCUT2D eigenvalue weighted by molar-refractivity contribution is -0.112. The van der Waals surface area contributed by atoms with Gasteiger partial charge in [-0.1, -0.05) is 70.5 Å². The minimum atomic E-state index is -0.495. The molecule has 0 heterocycles. The Kier molecular flexibility index (Phi) is 9.14. The number of hydrogen-bond acceptors (Lipinski definition) is 4. The first kappa shape index (κ1) is 26.2. The van der Waals surface area contributed by atoms with E-state index in [2.05, 4.69) is 37.2 Å². The van der Waals surface area contributed by atoms with Crippen LogP contribution in [0, 0.1) is 11.3 Å². The number of carbonyl (C=O) groups excluding carboxylic acids is 1. The number of nitrogens with zero attached hydrogens (tertiary/aromatic N) is 1. The molecule has 0 saturated heterocycles. The second-order valence-electron chi connectivity index (χ2n) is 7.99. The van der Waals surface area contributed by atoms with Crippen LogP contribution in [0.25, 0.3) is 6.08 Å². The quantitative estimate of drug-likeness (QED) is 0.153. The van der Waals surface area contributed by atoms with Gasteiger partial charge in [0.05, 0.1) is 4.47 Å². The second kappa shape index (κ2) is 12.9. The average molecular weight is 618 g/mol. The number of rotatable bonds is 9. The highest BCUT2D eigenvalue weighted by atomic mass is 79.9. The molecule has 4 rings (SSSR count). The molecule has 0 aliphatic carbocycles. The number of carbonyl (C=O) groups is 1. The predicted molar refractivity (Wildman–Crippen MR) is 152 cm³/mol. The Hall–Kier alpha value is -3.86. The SMILES string of the molecule is N#C/C(=C\c1ccc(OCc2ccccc2Br)c(Br)c1)C(=O)Nc1ccc(OCc2ccccc2)cc1. The van der Waals surface area contributed by atoms with Crippen LogP contribution < -0.4 is 14.8 Å². The molecular formula is C30H22Br2N2O3. The van der Waals surface area contributed by atoms with Crippen molar-refractivity contribution in [3.8, 4) is 17.6 Å². The summed E-state index contributed by atoms with van der Waals surface area (Å²) in [4.78, 5) is 12.7. The van der Waals surface area contributed by atoms with E-state index in [0.717, 1.165) is 20.1 Å². The summed E-state index contributed by atoms with van der Waals surface area (Å²) in [5.74, 6) is 0.848. The number of hydrogen-bond donors (Lipinski definition) is 1. The first-order chi connectivity index (χ1) is 18.0. The number of halogens is 2. The fraction of sp³-hybridized carbons (Fsp3) is 0.0667. The number of ether oxygens (including phenoxy) is 2. The van der Waals surface area contributed by atoms with Gasteiger partial charge in [0.15, 0.2) is 0 Å². The molecule has 0 bridgehead atoms. The fourth-order valence-electron chi connectivity index (χ4n) is 3.38. The predicted octanol–water partition coefficient (Wildman–Crippen LogP) is 7.92. The number of nitrogens with one attached hydrogen (secondary N) is 1. The summed E-state index contributed by atoms with van der Waals surface area (Å²) in [6, 6.07) is 32.1. The Balaban J connectivity index is 1.36. The average Bonchev–Trinajstić information content (AvgIpc) is 2.92. The van der Waals surface area contributed by atoms with Gasteiger partial charge in [-0.15, -0.1) is 0 Å². The molecule has 4 aromatic rings. The van der Waals surface area contributed by atoms with Gasteiger partial charge in [0.1, 0.15) is 36.4 Å². The summed E-state index contributed by atoms with van der Waals surface area (Å²) in [6.07, 6.45) is 1.54. The Bertz CT molecular complexity index is 1450. The molecule has 0 aromatic heterocycles. The van der Waals surface area contributed by atoms with E-state index in [1.807, 2.05) is 60.7 Å². The lowest BCUT2D eigenvalue weighted by Crippen LogP contribution is -2.13. The van der Waals surface area contributed by atoms with E-state index in [-0.39, 0.29) is 5.57 Å². The van der Waals surface area contributed by atoms with E-state index in [0.29, 0.717) is 36.0 Å². The van der Waals surface area contributed by atoms with Gasteiger partial charge in [-0.2, -0.15) is 5.26 Å². The van der Waals surface area contributed by atoms with Gasteiger partial charge < -0.3 is 14.8 Å². The van der Waals surface area contributed by atoms with Crippen LogP contribution in [0.5, 0.6) is 11.5 Å². The van der Waals surface area contributed by atoms with E-state index in [1.165, 1.54) is 6.08 Å². The summed E-state index contributed by atoms with van der Waals surface area (Å²) >= 11 is 7.03. The van der Waals surface area contributed by atoms with Crippen molar-refractivity contribution < 1.29 is 14.3 Å². The minimum absolute atomic E-state index is 0.0156. The maximum Gasteiger partial charge on any atom is 0.266 e. The number of amides is 1. The topological polar surface area (TPSA) is 71.3 Å². The Labute approximate surface area is 232 Å². The van der Waals surface area contributed by atoms with Crippen molar-refractivity contribution in [1.82, 2.24) is 0 Å². The first-order valence-electron chi connectivity index (χ1n) is 11.4. The monoisotopic (exact) mass is 616 g/mol. The van der Waals surface area contributed by atoms with Gasteiger partial charge in [0, 0.05) is 15.7 Å². The highest BCUT2D eigenvalue weighted by Gasteiger charge is 2.11. The largest absolute Gasteiger partial charge is 0.489 e. The molecule has 0 aliphatic heterocycles. The highest BCUT2D eigenvalue weighted by molar-refractivity contribution is 9.10. The van der Waals surface area contributed by atoms with Gasteiger partial charge in [0.25, 0.3) is 5.91 Å². The maximum absolute atomic E-state index is 12.7. The van der Waals surface area contributed by atoms with Crippen LogP contribution in [0.4, 0.5) is 5.69 Å². The van der Waals surface area contributed by atoms with Crippen molar-refractivity contribution in [3.05, 3.63) is 128 Å². The van der Waals surface area contributed by atoms with Gasteiger partial charge in [-0.25, -0.2) is 0 Å². The summed E-state index contributed by atoms with van der Waals surface area (Å²) in [5.41, 5.74) is 3.33. The third-order valence-corrected chi connectivity index (χ3v) is 6.73. The maximum atomic E-state index is 12.7. The molecule has 0 saturated carbocycles.